The molecule has 0 rings (SSSR count). The van der Waals surface area contributed by atoms with E-state index < -0.39 is 0 Å². The zero-order chi connectivity index (χ0) is 11.4. The Morgan fingerprint density at radius 2 is 1.53 bits per heavy atom. The first kappa shape index (κ1) is 14.8. The van der Waals surface area contributed by atoms with E-state index >= 15 is 0 Å². The third-order valence-electron chi connectivity index (χ3n) is 1.87. The minimum absolute atomic E-state index is 0.0616. The molecule has 4 nitrogen and oxygen atoms in total. The minimum Gasteiger partial charge on any atom is -0.394 e. The van der Waals surface area contributed by atoms with Gasteiger partial charge in [-0.3, -0.25) is 0 Å². The van der Waals surface area contributed by atoms with E-state index in [2.05, 4.69) is 13.8 Å². The second-order valence-corrected chi connectivity index (χ2v) is 3.42. The van der Waals surface area contributed by atoms with Crippen LogP contribution in [0.15, 0.2) is 0 Å². The molecule has 0 aliphatic rings. The van der Waals surface area contributed by atoms with E-state index in [1.54, 1.807) is 0 Å². The van der Waals surface area contributed by atoms with Crippen molar-refractivity contribution in [3.05, 3.63) is 6.92 Å². The van der Waals surface area contributed by atoms with Crippen molar-refractivity contribution in [2.75, 3.05) is 46.2 Å². The van der Waals surface area contributed by atoms with Crippen LogP contribution in [0.1, 0.15) is 13.3 Å². The predicted octanol–water partition coefficient (Wildman–Crippen LogP) is 0.889. The van der Waals surface area contributed by atoms with Crippen LogP contribution >= 0.6 is 0 Å². The fourth-order valence-electron chi connectivity index (χ4n) is 0.872. The Bertz CT molecular complexity index is 119. The molecule has 91 valence electrons. The van der Waals surface area contributed by atoms with Gasteiger partial charge in [-0.25, -0.2) is 0 Å². The lowest BCUT2D eigenvalue weighted by molar-refractivity contribution is 0.00293. The van der Waals surface area contributed by atoms with Gasteiger partial charge in [0.05, 0.1) is 39.6 Å². The third-order valence-corrected chi connectivity index (χ3v) is 1.87. The SMILES string of the molecule is [CH2]CC(C)COCCOCCOCCO. The van der Waals surface area contributed by atoms with Crippen LogP contribution in [0.2, 0.25) is 0 Å². The molecule has 0 amide bonds. The number of aliphatic hydroxyl groups is 1. The molecule has 0 bridgehead atoms. The molecule has 4 heteroatoms. The molecule has 0 saturated heterocycles. The highest BCUT2D eigenvalue weighted by Gasteiger charge is 1.97. The second kappa shape index (κ2) is 11.9. The largest absolute Gasteiger partial charge is 0.394 e. The Hall–Kier alpha value is -0.160. The summed E-state index contributed by atoms with van der Waals surface area (Å²) in [5, 5.41) is 8.42. The molecular weight excluding hydrogens is 196 g/mol. The molecule has 1 atom stereocenters. The van der Waals surface area contributed by atoms with Gasteiger partial charge in [-0.05, 0) is 12.3 Å². The van der Waals surface area contributed by atoms with E-state index in [0.29, 0.717) is 39.0 Å². The molecule has 0 heterocycles. The van der Waals surface area contributed by atoms with Gasteiger partial charge < -0.3 is 19.3 Å². The normalized spacial score (nSPS) is 13.0. The molecule has 0 spiro atoms. The highest BCUT2D eigenvalue weighted by molar-refractivity contribution is 4.51. The first-order valence-corrected chi connectivity index (χ1v) is 5.44. The molecular formula is C11H23O4. The van der Waals surface area contributed by atoms with Crippen molar-refractivity contribution in [2.45, 2.75) is 13.3 Å². The summed E-state index contributed by atoms with van der Waals surface area (Å²) in [6.07, 6.45) is 0.899. The number of rotatable bonds is 11. The summed E-state index contributed by atoms with van der Waals surface area (Å²) in [6.45, 7) is 9.36. The van der Waals surface area contributed by atoms with Crippen molar-refractivity contribution >= 4 is 0 Å². The molecule has 0 aromatic rings. The van der Waals surface area contributed by atoms with Crippen LogP contribution in [0.4, 0.5) is 0 Å². The van der Waals surface area contributed by atoms with Gasteiger partial charge in [-0.2, -0.15) is 0 Å². The zero-order valence-corrected chi connectivity index (χ0v) is 9.61. The van der Waals surface area contributed by atoms with Crippen LogP contribution in [-0.4, -0.2) is 51.4 Å². The highest BCUT2D eigenvalue weighted by Crippen LogP contribution is 1.99. The first-order chi connectivity index (χ1) is 7.31. The van der Waals surface area contributed by atoms with Crippen LogP contribution in [0.5, 0.6) is 0 Å². The quantitative estimate of drug-likeness (QED) is 0.524. The maximum atomic E-state index is 8.42. The topological polar surface area (TPSA) is 47.9 Å². The van der Waals surface area contributed by atoms with Crippen LogP contribution in [0, 0.1) is 12.8 Å². The van der Waals surface area contributed by atoms with Crippen LogP contribution in [0.3, 0.4) is 0 Å². The van der Waals surface area contributed by atoms with Crippen LogP contribution in [0.25, 0.3) is 0 Å². The van der Waals surface area contributed by atoms with Crippen molar-refractivity contribution in [1.82, 2.24) is 0 Å². The molecule has 0 aromatic heterocycles. The third kappa shape index (κ3) is 11.8. The van der Waals surface area contributed by atoms with Gasteiger partial charge in [-0.15, -0.1) is 0 Å². The van der Waals surface area contributed by atoms with E-state index in [0.717, 1.165) is 13.0 Å². The molecule has 1 N–H and O–H groups in total. The molecule has 0 saturated carbocycles. The molecule has 0 aromatic carbocycles. The fourth-order valence-corrected chi connectivity index (χ4v) is 0.872. The predicted molar refractivity (Wildman–Crippen MR) is 58.7 cm³/mol. The minimum atomic E-state index is 0.0616. The Labute approximate surface area is 92.5 Å². The van der Waals surface area contributed by atoms with Crippen molar-refractivity contribution < 1.29 is 19.3 Å². The molecule has 0 aliphatic carbocycles. The van der Waals surface area contributed by atoms with Gasteiger partial charge >= 0.3 is 0 Å². The lowest BCUT2D eigenvalue weighted by Crippen LogP contribution is -2.12. The summed E-state index contributed by atoms with van der Waals surface area (Å²) >= 11 is 0. The zero-order valence-electron chi connectivity index (χ0n) is 9.61. The molecule has 15 heavy (non-hydrogen) atoms. The summed E-state index contributed by atoms with van der Waals surface area (Å²) in [6, 6.07) is 0. The number of aliphatic hydroxyl groups excluding tert-OH is 1. The Balaban J connectivity index is 2.92. The fraction of sp³-hybridized carbons (Fsp3) is 0.909. The monoisotopic (exact) mass is 219 g/mol. The lowest BCUT2D eigenvalue weighted by atomic mass is 10.1. The Morgan fingerprint density at radius 1 is 1.00 bits per heavy atom. The second-order valence-electron chi connectivity index (χ2n) is 3.42. The average molecular weight is 219 g/mol. The van der Waals surface area contributed by atoms with Gasteiger partial charge in [0.1, 0.15) is 0 Å². The Kier molecular flexibility index (Phi) is 11.8. The van der Waals surface area contributed by atoms with Gasteiger partial charge in [0.25, 0.3) is 0 Å². The number of ether oxygens (including phenoxy) is 3. The van der Waals surface area contributed by atoms with Gasteiger partial charge in [-0.1, -0.05) is 13.8 Å². The van der Waals surface area contributed by atoms with Crippen molar-refractivity contribution in [1.29, 1.82) is 0 Å². The van der Waals surface area contributed by atoms with Gasteiger partial charge in [0, 0.05) is 6.61 Å². The molecule has 1 radical (unpaired) electrons. The van der Waals surface area contributed by atoms with E-state index in [9.17, 15) is 0 Å². The number of hydrogen-bond donors (Lipinski definition) is 1. The lowest BCUT2D eigenvalue weighted by Gasteiger charge is -2.09. The van der Waals surface area contributed by atoms with Gasteiger partial charge in [0.15, 0.2) is 0 Å². The molecule has 0 aliphatic heterocycles. The number of hydrogen-bond acceptors (Lipinski definition) is 4. The summed E-state index contributed by atoms with van der Waals surface area (Å²) in [7, 11) is 0. The van der Waals surface area contributed by atoms with E-state index in [1.165, 1.54) is 0 Å². The maximum absolute atomic E-state index is 8.42. The Morgan fingerprint density at radius 3 is 2.07 bits per heavy atom. The summed E-state index contributed by atoms with van der Waals surface area (Å²) in [5.41, 5.74) is 0. The van der Waals surface area contributed by atoms with E-state index in [1.807, 2.05) is 0 Å². The summed E-state index contributed by atoms with van der Waals surface area (Å²) in [5.74, 6) is 0.512. The standard InChI is InChI=1S/C11H23O4/c1-3-11(2)10-15-9-8-14-7-6-13-5-4-12/h11-12H,1,3-10H2,2H3. The van der Waals surface area contributed by atoms with Crippen LogP contribution < -0.4 is 0 Å². The van der Waals surface area contributed by atoms with Crippen molar-refractivity contribution in [3.63, 3.8) is 0 Å². The van der Waals surface area contributed by atoms with E-state index in [-0.39, 0.29) is 6.61 Å². The summed E-state index contributed by atoms with van der Waals surface area (Å²) < 4.78 is 15.6. The average Bonchev–Trinajstić information content (AvgIpc) is 2.26. The first-order valence-electron chi connectivity index (χ1n) is 5.44. The van der Waals surface area contributed by atoms with Crippen molar-refractivity contribution in [3.8, 4) is 0 Å². The van der Waals surface area contributed by atoms with Gasteiger partial charge in [0.2, 0.25) is 0 Å². The van der Waals surface area contributed by atoms with E-state index in [4.69, 9.17) is 19.3 Å². The molecule has 0 fully saturated rings. The smallest absolute Gasteiger partial charge is 0.0701 e. The highest BCUT2D eigenvalue weighted by atomic mass is 16.5. The maximum Gasteiger partial charge on any atom is 0.0701 e. The summed E-state index contributed by atoms with van der Waals surface area (Å²) in [4.78, 5) is 0. The van der Waals surface area contributed by atoms with Crippen LogP contribution in [-0.2, 0) is 14.2 Å². The van der Waals surface area contributed by atoms with Crippen molar-refractivity contribution in [2.24, 2.45) is 5.92 Å². The molecule has 1 unspecified atom stereocenters.